The lowest BCUT2D eigenvalue weighted by molar-refractivity contribution is 0.102. The van der Waals surface area contributed by atoms with Gasteiger partial charge in [-0.1, -0.05) is 26.8 Å². The summed E-state index contributed by atoms with van der Waals surface area (Å²) in [5.74, 6) is 0.162. The van der Waals surface area contributed by atoms with Crippen molar-refractivity contribution in [3.63, 3.8) is 0 Å². The van der Waals surface area contributed by atoms with Gasteiger partial charge < -0.3 is 0 Å². The van der Waals surface area contributed by atoms with E-state index in [1.807, 2.05) is 11.4 Å². The lowest BCUT2D eigenvalue weighted by Crippen LogP contribution is -2.15. The Hall–Kier alpha value is -1.75. The molecule has 0 atom stereocenters. The molecule has 2 heterocycles. The maximum Gasteiger partial charge on any atom is 0.268 e. The Bertz CT molecular complexity index is 526. The Morgan fingerprint density at radius 3 is 2.44 bits per heavy atom. The van der Waals surface area contributed by atoms with E-state index in [1.54, 1.807) is 18.5 Å². The number of hydrogen-bond acceptors (Lipinski definition) is 4. The molecule has 0 unspecified atom stereocenters. The zero-order chi connectivity index (χ0) is 13.2. The quantitative estimate of drug-likeness (QED) is 0.903. The third-order valence-corrected chi connectivity index (χ3v) is 3.36. The summed E-state index contributed by atoms with van der Waals surface area (Å²) < 4.78 is 0. The third-order valence-electron chi connectivity index (χ3n) is 2.49. The number of nitrogens with one attached hydrogen (secondary N) is 1. The first-order valence-corrected chi connectivity index (χ1v) is 6.52. The van der Waals surface area contributed by atoms with Gasteiger partial charge in [0.25, 0.3) is 5.91 Å². The highest BCUT2D eigenvalue weighted by atomic mass is 32.1. The van der Waals surface area contributed by atoms with Crippen LogP contribution in [0.15, 0.2) is 29.9 Å². The second-order valence-electron chi connectivity index (χ2n) is 4.98. The molecule has 0 fully saturated rings. The minimum absolute atomic E-state index is 0.0102. The van der Waals surface area contributed by atoms with Gasteiger partial charge in [0.05, 0.1) is 4.88 Å². The van der Waals surface area contributed by atoms with Gasteiger partial charge in [-0.25, -0.2) is 9.97 Å². The molecule has 0 radical (unpaired) electrons. The third kappa shape index (κ3) is 2.92. The lowest BCUT2D eigenvalue weighted by atomic mass is 9.89. The average molecular weight is 261 g/mol. The molecule has 0 aliphatic rings. The molecular formula is C13H15N3OS. The van der Waals surface area contributed by atoms with Crippen LogP contribution in [0, 0.1) is 0 Å². The van der Waals surface area contributed by atoms with Gasteiger partial charge in [0.2, 0.25) is 5.95 Å². The van der Waals surface area contributed by atoms with Crippen LogP contribution in [0.2, 0.25) is 0 Å². The van der Waals surface area contributed by atoms with Crippen molar-refractivity contribution in [2.45, 2.75) is 26.2 Å². The SMILES string of the molecule is CC(C)(C)c1cnc(NC(=O)c2cccs2)nc1. The standard InChI is InChI=1S/C13H15N3OS/c1-13(2,3)9-7-14-12(15-8-9)16-11(17)10-5-4-6-18-10/h4-8H,1-3H3,(H,14,15,16,17). The number of amides is 1. The number of hydrogen-bond donors (Lipinski definition) is 1. The van der Waals surface area contributed by atoms with Crippen molar-refractivity contribution in [3.05, 3.63) is 40.3 Å². The fraction of sp³-hybridized carbons (Fsp3) is 0.308. The van der Waals surface area contributed by atoms with Crippen LogP contribution in [-0.4, -0.2) is 15.9 Å². The Morgan fingerprint density at radius 1 is 1.28 bits per heavy atom. The molecule has 4 nitrogen and oxygen atoms in total. The first-order chi connectivity index (χ1) is 8.47. The number of carbonyl (C=O) groups is 1. The normalized spacial score (nSPS) is 11.3. The largest absolute Gasteiger partial charge is 0.290 e. The van der Waals surface area contributed by atoms with Crippen LogP contribution in [-0.2, 0) is 5.41 Å². The maximum absolute atomic E-state index is 11.8. The Balaban J connectivity index is 2.09. The van der Waals surface area contributed by atoms with Gasteiger partial charge in [0.1, 0.15) is 0 Å². The predicted molar refractivity (Wildman–Crippen MR) is 73.0 cm³/mol. The van der Waals surface area contributed by atoms with Crippen molar-refractivity contribution < 1.29 is 4.79 Å². The van der Waals surface area contributed by atoms with Crippen LogP contribution in [0.4, 0.5) is 5.95 Å². The van der Waals surface area contributed by atoms with Crippen LogP contribution in [0.25, 0.3) is 0 Å². The summed E-state index contributed by atoms with van der Waals surface area (Å²) in [4.78, 5) is 20.7. The van der Waals surface area contributed by atoms with Crippen molar-refractivity contribution in [1.82, 2.24) is 9.97 Å². The number of aromatic nitrogens is 2. The first-order valence-electron chi connectivity index (χ1n) is 5.64. The van der Waals surface area contributed by atoms with E-state index in [0.29, 0.717) is 10.8 Å². The summed E-state index contributed by atoms with van der Waals surface area (Å²) in [5, 5.41) is 4.53. The van der Waals surface area contributed by atoms with E-state index < -0.39 is 0 Å². The first kappa shape index (κ1) is 12.7. The average Bonchev–Trinajstić information content (AvgIpc) is 2.82. The molecule has 2 aromatic heterocycles. The molecule has 0 aromatic carbocycles. The molecule has 0 spiro atoms. The second-order valence-corrected chi connectivity index (χ2v) is 5.92. The van der Waals surface area contributed by atoms with Crippen LogP contribution in [0.1, 0.15) is 36.0 Å². The smallest absolute Gasteiger partial charge is 0.268 e. The molecular weight excluding hydrogens is 246 g/mol. The number of nitrogens with zero attached hydrogens (tertiary/aromatic N) is 2. The molecule has 5 heteroatoms. The van der Waals surface area contributed by atoms with Gasteiger partial charge in [-0.3, -0.25) is 10.1 Å². The molecule has 1 amide bonds. The van der Waals surface area contributed by atoms with E-state index in [9.17, 15) is 4.79 Å². The molecule has 0 bridgehead atoms. The molecule has 0 saturated carbocycles. The highest BCUT2D eigenvalue weighted by Crippen LogP contribution is 2.20. The van der Waals surface area contributed by atoms with Crippen molar-refractivity contribution in [1.29, 1.82) is 0 Å². The highest BCUT2D eigenvalue weighted by molar-refractivity contribution is 7.12. The van der Waals surface area contributed by atoms with Gasteiger partial charge in [0, 0.05) is 12.4 Å². The van der Waals surface area contributed by atoms with E-state index in [4.69, 9.17) is 0 Å². The van der Waals surface area contributed by atoms with Crippen LogP contribution in [0.5, 0.6) is 0 Å². The van der Waals surface area contributed by atoms with Gasteiger partial charge in [0.15, 0.2) is 0 Å². The molecule has 94 valence electrons. The predicted octanol–water partition coefficient (Wildman–Crippen LogP) is 3.09. The monoisotopic (exact) mass is 261 g/mol. The van der Waals surface area contributed by atoms with Crippen LogP contribution < -0.4 is 5.32 Å². The van der Waals surface area contributed by atoms with Crippen molar-refractivity contribution >= 4 is 23.2 Å². The van der Waals surface area contributed by atoms with Crippen molar-refractivity contribution in [3.8, 4) is 0 Å². The van der Waals surface area contributed by atoms with Gasteiger partial charge in [-0.05, 0) is 22.4 Å². The Labute approximate surface area is 110 Å². The molecule has 0 saturated heterocycles. The Morgan fingerprint density at radius 2 is 1.94 bits per heavy atom. The van der Waals surface area contributed by atoms with Gasteiger partial charge in [-0.15, -0.1) is 11.3 Å². The van der Waals surface area contributed by atoms with Crippen molar-refractivity contribution in [2.75, 3.05) is 5.32 Å². The summed E-state index contributed by atoms with van der Waals surface area (Å²) in [7, 11) is 0. The number of anilines is 1. The maximum atomic E-state index is 11.8. The van der Waals surface area contributed by atoms with Crippen LogP contribution >= 0.6 is 11.3 Å². The van der Waals surface area contributed by atoms with Gasteiger partial charge in [-0.2, -0.15) is 0 Å². The van der Waals surface area contributed by atoms with E-state index >= 15 is 0 Å². The van der Waals surface area contributed by atoms with E-state index in [2.05, 4.69) is 36.1 Å². The van der Waals surface area contributed by atoms with Crippen molar-refractivity contribution in [2.24, 2.45) is 0 Å². The molecule has 0 aliphatic heterocycles. The summed E-state index contributed by atoms with van der Waals surface area (Å²) >= 11 is 1.39. The highest BCUT2D eigenvalue weighted by Gasteiger charge is 2.15. The number of carbonyl (C=O) groups excluding carboxylic acids is 1. The topological polar surface area (TPSA) is 54.9 Å². The van der Waals surface area contributed by atoms with E-state index in [1.165, 1.54) is 11.3 Å². The minimum atomic E-state index is -0.173. The lowest BCUT2D eigenvalue weighted by Gasteiger charge is -2.17. The summed E-state index contributed by atoms with van der Waals surface area (Å²) in [5.41, 5.74) is 1.05. The number of rotatable bonds is 2. The van der Waals surface area contributed by atoms with E-state index in [-0.39, 0.29) is 11.3 Å². The molecule has 0 aliphatic carbocycles. The molecule has 18 heavy (non-hydrogen) atoms. The zero-order valence-electron chi connectivity index (χ0n) is 10.6. The fourth-order valence-corrected chi connectivity index (χ4v) is 1.97. The molecule has 2 rings (SSSR count). The molecule has 1 N–H and O–H groups in total. The minimum Gasteiger partial charge on any atom is -0.290 e. The molecule has 2 aromatic rings. The van der Waals surface area contributed by atoms with Gasteiger partial charge >= 0.3 is 0 Å². The van der Waals surface area contributed by atoms with Crippen LogP contribution in [0.3, 0.4) is 0 Å². The zero-order valence-corrected chi connectivity index (χ0v) is 11.4. The Kier molecular flexibility index (Phi) is 3.43. The summed E-state index contributed by atoms with van der Waals surface area (Å²) in [6.45, 7) is 6.28. The summed E-state index contributed by atoms with van der Waals surface area (Å²) in [6, 6.07) is 3.60. The second kappa shape index (κ2) is 4.86. The number of thiophene rings is 1. The fourth-order valence-electron chi connectivity index (χ4n) is 1.35. The van der Waals surface area contributed by atoms with E-state index in [0.717, 1.165) is 5.56 Å². The summed E-state index contributed by atoms with van der Waals surface area (Å²) in [6.07, 6.45) is 3.49.